The van der Waals surface area contributed by atoms with E-state index in [-0.39, 0.29) is 64.1 Å². The smallest absolute Gasteiger partial charge is 0.317 e. The second-order valence-electron chi connectivity index (χ2n) is 20.8. The predicted octanol–water partition coefficient (Wildman–Crippen LogP) is 10.0. The van der Waals surface area contributed by atoms with Crippen molar-refractivity contribution in [2.75, 3.05) is 13.1 Å². The van der Waals surface area contributed by atoms with Crippen molar-refractivity contribution >= 4 is 23.4 Å². The Kier molecular flexibility index (Phi) is 9.35. The van der Waals surface area contributed by atoms with Gasteiger partial charge in [-0.25, -0.2) is 9.18 Å². The zero-order valence-electron chi connectivity index (χ0n) is 34.5. The van der Waals surface area contributed by atoms with Gasteiger partial charge in [-0.15, -0.1) is 0 Å². The Balaban J connectivity index is 1.08. The number of fused-ring (bicyclic) bond motifs is 3. The Hall–Kier alpha value is -3.00. The summed E-state index contributed by atoms with van der Waals surface area (Å²) in [6.07, 6.45) is 14.6. The molecule has 9 aliphatic carbocycles. The second kappa shape index (κ2) is 13.5. The first-order valence-electron chi connectivity index (χ1n) is 21.9. The Bertz CT molecular complexity index is 2000. The van der Waals surface area contributed by atoms with Crippen LogP contribution in [0.3, 0.4) is 0 Å². The van der Waals surface area contributed by atoms with Gasteiger partial charge in [0.1, 0.15) is 5.82 Å². The molecule has 9 aliphatic rings. The molecule has 0 aliphatic heterocycles. The quantitative estimate of drug-likeness (QED) is 0.221. The Morgan fingerprint density at radius 1 is 0.930 bits per heavy atom. The van der Waals surface area contributed by atoms with E-state index < -0.39 is 33.8 Å². The van der Waals surface area contributed by atoms with Gasteiger partial charge in [-0.2, -0.15) is 0 Å². The fourth-order valence-corrected chi connectivity index (χ4v) is 14.9. The Morgan fingerprint density at radius 2 is 1.65 bits per heavy atom. The molecule has 11 rings (SSSR count). The fourth-order valence-electron chi connectivity index (χ4n) is 14.7. The molecule has 6 nitrogen and oxygen atoms in total. The molecule has 0 heterocycles. The minimum atomic E-state index is -1.19. The van der Waals surface area contributed by atoms with Crippen molar-refractivity contribution in [3.05, 3.63) is 94.3 Å². The number of aliphatic hydroxyl groups excluding tert-OH is 1. The topological polar surface area (TPSA) is 89.9 Å². The molecule has 57 heavy (non-hydrogen) atoms. The summed E-state index contributed by atoms with van der Waals surface area (Å²) in [5.74, 6) is 1.10. The number of rotatable bonds is 9. The minimum Gasteiger partial charge on any atom is -0.393 e. The lowest BCUT2D eigenvalue weighted by molar-refractivity contribution is -0.179. The maximum atomic E-state index is 15.3. The molecular formula is C49H62ClFN2O4. The van der Waals surface area contributed by atoms with Crippen LogP contribution in [-0.2, 0) is 11.2 Å². The fraction of sp³-hybridized carbons (Fsp3) is 0.633. The van der Waals surface area contributed by atoms with Crippen LogP contribution in [0, 0.1) is 62.5 Å². The minimum absolute atomic E-state index is 0.0765. The molecule has 1 unspecified atom stereocenters. The van der Waals surface area contributed by atoms with Gasteiger partial charge in [-0.3, -0.25) is 4.79 Å². The molecule has 6 saturated carbocycles. The van der Waals surface area contributed by atoms with Crippen LogP contribution < -0.4 is 5.32 Å². The highest BCUT2D eigenvalue weighted by Crippen LogP contribution is 2.78. The largest absolute Gasteiger partial charge is 0.393 e. The van der Waals surface area contributed by atoms with E-state index in [0.717, 1.165) is 43.6 Å². The number of aliphatic hydroxyl groups is 2. The van der Waals surface area contributed by atoms with Crippen molar-refractivity contribution < 1.29 is 24.2 Å². The van der Waals surface area contributed by atoms with E-state index in [0.29, 0.717) is 43.2 Å². The Labute approximate surface area is 343 Å². The maximum absolute atomic E-state index is 15.3. The standard InChI is InChI=1S/C49H62ClFN2O4/c1-30(31-10-7-6-8-11-31)52-43(56)53(28-32-14-15-33-24-36(32)44(33,2)3)29-48(57)21-18-42-46(48,5)20-17-41-45(4)19-16-34(54)26-47(45)22-23-49(41,42)37(27-47)40(55)25-35-38(50)12-9-13-39(35)51/h6-13,22-23,27,30,32-34,36,41-42,54,57H,14-21,24-26,28-29H2,1-5H3,(H,52,56)/t30-,32+,33+,34?,36+,41-,42-,45-,46+,47+,48-,49-/m1/s1. The number of hydrogen-bond donors (Lipinski definition) is 3. The lowest BCUT2D eigenvalue weighted by Gasteiger charge is -2.71. The van der Waals surface area contributed by atoms with Crippen molar-refractivity contribution in [1.82, 2.24) is 10.2 Å². The molecule has 2 amide bonds. The van der Waals surface area contributed by atoms with Crippen LogP contribution in [0.15, 0.2) is 72.3 Å². The number of halogens is 2. The number of nitrogens with one attached hydrogen (secondary N) is 1. The first-order chi connectivity index (χ1) is 27.0. The molecule has 0 saturated heterocycles. The Morgan fingerprint density at radius 3 is 2.37 bits per heavy atom. The monoisotopic (exact) mass is 796 g/mol. The first-order valence-corrected chi connectivity index (χ1v) is 22.3. The average Bonchev–Trinajstić information content (AvgIpc) is 3.45. The number of carbonyl (C=O) groups excluding carboxylic acids is 2. The normalized spacial score (nSPS) is 41.2. The van der Waals surface area contributed by atoms with Crippen LogP contribution in [0.1, 0.15) is 116 Å². The molecule has 2 aromatic rings. The highest BCUT2D eigenvalue weighted by atomic mass is 35.5. The average molecular weight is 797 g/mol. The van der Waals surface area contributed by atoms with E-state index in [1.54, 1.807) is 12.1 Å². The summed E-state index contributed by atoms with van der Waals surface area (Å²) < 4.78 is 15.3. The van der Waals surface area contributed by atoms with E-state index in [2.05, 4.69) is 51.2 Å². The summed E-state index contributed by atoms with van der Waals surface area (Å²) in [6.45, 7) is 12.3. The van der Waals surface area contributed by atoms with Crippen molar-refractivity contribution in [2.45, 2.75) is 123 Å². The van der Waals surface area contributed by atoms with E-state index in [9.17, 15) is 19.8 Å². The van der Waals surface area contributed by atoms with Crippen molar-refractivity contribution in [3.63, 3.8) is 0 Å². The number of urea groups is 1. The molecule has 4 bridgehead atoms. The molecular weight excluding hydrogens is 735 g/mol. The molecule has 2 aromatic carbocycles. The molecule has 2 spiro atoms. The molecule has 0 aromatic heterocycles. The van der Waals surface area contributed by atoms with Crippen LogP contribution in [0.5, 0.6) is 0 Å². The maximum Gasteiger partial charge on any atom is 0.317 e. The predicted molar refractivity (Wildman–Crippen MR) is 222 cm³/mol. The number of nitrogens with zero attached hydrogens (tertiary/aromatic N) is 1. The van der Waals surface area contributed by atoms with Crippen molar-refractivity contribution in [3.8, 4) is 0 Å². The third-order valence-electron chi connectivity index (χ3n) is 18.2. The van der Waals surface area contributed by atoms with Gasteiger partial charge < -0.3 is 20.4 Å². The number of carbonyl (C=O) groups is 2. The molecule has 0 radical (unpaired) electrons. The van der Waals surface area contributed by atoms with E-state index in [1.165, 1.54) is 18.9 Å². The van der Waals surface area contributed by atoms with Crippen LogP contribution in [-0.4, -0.2) is 51.7 Å². The number of amides is 2. The van der Waals surface area contributed by atoms with Crippen LogP contribution in [0.4, 0.5) is 9.18 Å². The zero-order chi connectivity index (χ0) is 40.3. The van der Waals surface area contributed by atoms with E-state index in [4.69, 9.17) is 11.6 Å². The lowest BCUT2D eigenvalue weighted by atomic mass is 9.32. The SMILES string of the molecule is C[C@@H](NC(=O)N(C[C@@H]1CC[C@H]2C[C@@H]1C2(C)C)C[C@]1(O)CC[C@H]2[C@]34C=C[C@@]5(C=C3C(=O)Cc3c(F)cccc3Cl)CC(O)CC[C@]5(C)[C@H]4CC[C@@]21C)c1ccccc1. The number of hydrogen-bond acceptors (Lipinski definition) is 4. The number of Topliss-reactive ketones (excluding diaryl/α,β-unsaturated/α-hetero) is 1. The zero-order valence-corrected chi connectivity index (χ0v) is 35.3. The van der Waals surface area contributed by atoms with Crippen molar-refractivity contribution in [1.29, 1.82) is 0 Å². The third-order valence-corrected chi connectivity index (χ3v) is 18.6. The summed E-state index contributed by atoms with van der Waals surface area (Å²) in [4.78, 5) is 31.5. The number of ketones is 1. The van der Waals surface area contributed by atoms with Gasteiger partial charge in [0.2, 0.25) is 0 Å². The van der Waals surface area contributed by atoms with Gasteiger partial charge >= 0.3 is 6.03 Å². The summed E-state index contributed by atoms with van der Waals surface area (Å²) in [7, 11) is 0. The van der Waals surface area contributed by atoms with Crippen LogP contribution in [0.2, 0.25) is 5.02 Å². The van der Waals surface area contributed by atoms with Gasteiger partial charge in [-0.1, -0.05) is 93.9 Å². The highest BCUT2D eigenvalue weighted by Gasteiger charge is 2.74. The van der Waals surface area contributed by atoms with Gasteiger partial charge in [0.25, 0.3) is 0 Å². The van der Waals surface area contributed by atoms with Gasteiger partial charge in [0, 0.05) is 45.4 Å². The third kappa shape index (κ3) is 5.66. The van der Waals surface area contributed by atoms with Crippen LogP contribution >= 0.6 is 11.6 Å². The summed E-state index contributed by atoms with van der Waals surface area (Å²) in [5, 5.41) is 28.0. The van der Waals surface area contributed by atoms with Gasteiger partial charge in [0.05, 0.1) is 24.3 Å². The van der Waals surface area contributed by atoms with Crippen molar-refractivity contribution in [2.24, 2.45) is 56.7 Å². The second-order valence-corrected chi connectivity index (χ2v) is 21.2. The number of benzene rings is 2. The molecule has 12 atom stereocenters. The van der Waals surface area contributed by atoms with Crippen LogP contribution in [0.25, 0.3) is 0 Å². The van der Waals surface area contributed by atoms with E-state index >= 15 is 4.39 Å². The van der Waals surface area contributed by atoms with E-state index in [1.807, 2.05) is 42.2 Å². The lowest BCUT2D eigenvalue weighted by Crippen LogP contribution is -2.67. The summed E-state index contributed by atoms with van der Waals surface area (Å²) in [5.41, 5.74) is -0.922. The summed E-state index contributed by atoms with van der Waals surface area (Å²) in [6, 6.07) is 14.3. The molecule has 3 N–H and O–H groups in total. The summed E-state index contributed by atoms with van der Waals surface area (Å²) >= 11 is 6.53. The highest BCUT2D eigenvalue weighted by molar-refractivity contribution is 6.31. The first kappa shape index (κ1) is 39.5. The van der Waals surface area contributed by atoms with Gasteiger partial charge in [-0.05, 0) is 129 Å². The number of allylic oxidation sites excluding steroid dienone is 4. The molecule has 306 valence electrons. The molecule has 6 fully saturated rings. The molecule has 8 heteroatoms. The van der Waals surface area contributed by atoms with Gasteiger partial charge in [0.15, 0.2) is 5.78 Å².